The normalized spacial score (nSPS) is 11.0. The van der Waals surface area contributed by atoms with E-state index in [1.165, 1.54) is 24.3 Å². The largest absolute Gasteiger partial charge is 0.733 e. The molecule has 3 rings (SSSR count). The molecular formula is C21H18N3O4-. The maximum atomic E-state index is 12.4. The van der Waals surface area contributed by atoms with Gasteiger partial charge in [0.05, 0.1) is 18.5 Å². The van der Waals surface area contributed by atoms with Crippen LogP contribution in [0.2, 0.25) is 0 Å². The van der Waals surface area contributed by atoms with Crippen LogP contribution >= 0.6 is 0 Å². The number of methoxy groups -OCH3 is 1. The van der Waals surface area contributed by atoms with E-state index in [1.54, 1.807) is 7.11 Å². The van der Waals surface area contributed by atoms with Gasteiger partial charge >= 0.3 is 0 Å². The molecule has 3 aromatic carbocycles. The lowest BCUT2D eigenvalue weighted by atomic mass is 10.0. The smallest absolute Gasteiger partial charge is 0.271 e. The summed E-state index contributed by atoms with van der Waals surface area (Å²) in [5.74, 6) is 0.278. The van der Waals surface area contributed by atoms with Gasteiger partial charge in [-0.3, -0.25) is 10.0 Å². The molecule has 0 aromatic heterocycles. The third-order valence-electron chi connectivity index (χ3n) is 4.03. The molecule has 0 heterocycles. The van der Waals surface area contributed by atoms with Gasteiger partial charge < -0.3 is 15.2 Å². The van der Waals surface area contributed by atoms with Crippen LogP contribution in [0.1, 0.15) is 21.5 Å². The van der Waals surface area contributed by atoms with E-state index >= 15 is 0 Å². The summed E-state index contributed by atoms with van der Waals surface area (Å²) in [4.78, 5) is 12.4. The molecule has 0 aliphatic carbocycles. The Labute approximate surface area is 162 Å². The fourth-order valence-electron chi connectivity index (χ4n) is 2.55. The first-order valence-corrected chi connectivity index (χ1v) is 8.42. The van der Waals surface area contributed by atoms with Crippen molar-refractivity contribution < 1.29 is 14.7 Å². The zero-order valence-electron chi connectivity index (χ0n) is 15.1. The summed E-state index contributed by atoms with van der Waals surface area (Å²) in [7, 11) is 1.59. The van der Waals surface area contributed by atoms with Crippen LogP contribution in [0.4, 0.5) is 5.69 Å². The van der Waals surface area contributed by atoms with Gasteiger partial charge in [-0.1, -0.05) is 30.3 Å². The van der Waals surface area contributed by atoms with E-state index in [0.717, 1.165) is 16.9 Å². The number of hydrogen-bond acceptors (Lipinski definition) is 6. The van der Waals surface area contributed by atoms with Crippen molar-refractivity contribution in [1.82, 2.24) is 5.43 Å². The first-order valence-electron chi connectivity index (χ1n) is 8.42. The molecule has 7 nitrogen and oxygen atoms in total. The van der Waals surface area contributed by atoms with E-state index in [2.05, 4.69) is 10.5 Å². The van der Waals surface area contributed by atoms with Crippen LogP contribution in [0.25, 0.3) is 0 Å². The van der Waals surface area contributed by atoms with E-state index in [1.807, 2.05) is 54.6 Å². The molecule has 0 fully saturated rings. The number of nitrogens with zero attached hydrogens (tertiary/aromatic N) is 2. The van der Waals surface area contributed by atoms with Crippen LogP contribution in [-0.4, -0.2) is 23.9 Å². The number of amides is 1. The molecule has 2 N–H and O–H groups in total. The van der Waals surface area contributed by atoms with Crippen molar-refractivity contribution in [2.24, 2.45) is 5.10 Å². The van der Waals surface area contributed by atoms with Crippen LogP contribution in [-0.2, 0) is 0 Å². The maximum Gasteiger partial charge on any atom is 0.271 e. The maximum absolute atomic E-state index is 12.4. The van der Waals surface area contributed by atoms with Gasteiger partial charge in [0.1, 0.15) is 5.75 Å². The van der Waals surface area contributed by atoms with Crippen LogP contribution in [0.15, 0.2) is 84.0 Å². The quantitative estimate of drug-likeness (QED) is 0.506. The van der Waals surface area contributed by atoms with Gasteiger partial charge in [0.2, 0.25) is 0 Å². The Hall–Kier alpha value is -3.68. The number of rotatable bonds is 6. The van der Waals surface area contributed by atoms with Crippen molar-refractivity contribution in [3.8, 4) is 5.75 Å². The second-order valence-electron chi connectivity index (χ2n) is 5.82. The monoisotopic (exact) mass is 376 g/mol. The summed E-state index contributed by atoms with van der Waals surface area (Å²) in [6, 6.07) is 22.4. The summed E-state index contributed by atoms with van der Waals surface area (Å²) in [6.45, 7) is 0. The van der Waals surface area contributed by atoms with Crippen LogP contribution in [0, 0.1) is 5.21 Å². The number of ether oxygens (including phenoxy) is 1. The van der Waals surface area contributed by atoms with Gasteiger partial charge in [-0.25, -0.2) is 5.43 Å². The highest BCUT2D eigenvalue weighted by molar-refractivity contribution is 6.13. The molecule has 3 aromatic rings. The van der Waals surface area contributed by atoms with Crippen LogP contribution < -0.4 is 15.4 Å². The van der Waals surface area contributed by atoms with Crippen molar-refractivity contribution in [2.45, 2.75) is 0 Å². The number of benzene rings is 3. The molecule has 7 heteroatoms. The number of carbonyl (C=O) groups excluding carboxylic acids is 1. The summed E-state index contributed by atoms with van der Waals surface area (Å²) in [6.07, 6.45) is 0. The first kappa shape index (κ1) is 19.1. The van der Waals surface area contributed by atoms with Gasteiger partial charge in [0.15, 0.2) is 0 Å². The summed E-state index contributed by atoms with van der Waals surface area (Å²) in [5, 5.41) is 23.7. The average Bonchev–Trinajstić information content (AvgIpc) is 2.75. The van der Waals surface area contributed by atoms with Crippen molar-refractivity contribution in [3.05, 3.63) is 101 Å². The van der Waals surface area contributed by atoms with Gasteiger partial charge in [-0.05, 0) is 48.5 Å². The van der Waals surface area contributed by atoms with Gasteiger partial charge in [0.25, 0.3) is 5.91 Å². The molecule has 142 valence electrons. The minimum Gasteiger partial charge on any atom is -0.733 e. The lowest BCUT2D eigenvalue weighted by molar-refractivity contribution is 0.0955. The highest BCUT2D eigenvalue weighted by atomic mass is 16.8. The zero-order chi connectivity index (χ0) is 19.9. The average molecular weight is 376 g/mol. The Kier molecular flexibility index (Phi) is 6.01. The number of hydrazone groups is 1. The third kappa shape index (κ3) is 4.53. The Morgan fingerprint density at radius 1 is 0.929 bits per heavy atom. The topological polar surface area (TPSA) is 97.2 Å². The SMILES string of the molecule is COc1ccc(C(=NNC(=O)c2ccc(N([O-])O)cc2)c2ccccc2)cc1. The highest BCUT2D eigenvalue weighted by Gasteiger charge is 2.10. The number of nitrogens with one attached hydrogen (secondary N) is 1. The van der Waals surface area contributed by atoms with Crippen molar-refractivity contribution in [1.29, 1.82) is 0 Å². The molecule has 1 amide bonds. The predicted molar refractivity (Wildman–Crippen MR) is 107 cm³/mol. The highest BCUT2D eigenvalue weighted by Crippen LogP contribution is 2.16. The summed E-state index contributed by atoms with van der Waals surface area (Å²) in [5.41, 5.74) is 5.11. The Morgan fingerprint density at radius 3 is 2.07 bits per heavy atom. The molecular weight excluding hydrogens is 358 g/mol. The lowest BCUT2D eigenvalue weighted by Gasteiger charge is -2.21. The molecule has 28 heavy (non-hydrogen) atoms. The third-order valence-corrected chi connectivity index (χ3v) is 4.03. The summed E-state index contributed by atoms with van der Waals surface area (Å²) >= 11 is 0. The molecule has 0 saturated carbocycles. The first-order chi connectivity index (χ1) is 13.6. The second kappa shape index (κ2) is 8.81. The van der Waals surface area contributed by atoms with E-state index in [9.17, 15) is 10.0 Å². The van der Waals surface area contributed by atoms with E-state index in [-0.39, 0.29) is 10.9 Å². The molecule has 0 bridgehead atoms. The second-order valence-corrected chi connectivity index (χ2v) is 5.82. The van der Waals surface area contributed by atoms with Crippen molar-refractivity contribution in [2.75, 3.05) is 12.3 Å². The van der Waals surface area contributed by atoms with E-state index in [0.29, 0.717) is 11.3 Å². The molecule has 0 atom stereocenters. The zero-order valence-corrected chi connectivity index (χ0v) is 15.1. The number of carbonyl (C=O) groups is 1. The van der Waals surface area contributed by atoms with Crippen LogP contribution in [0.3, 0.4) is 0 Å². The van der Waals surface area contributed by atoms with E-state index < -0.39 is 5.91 Å². The molecule has 0 saturated heterocycles. The molecule has 0 spiro atoms. The Bertz CT molecular complexity index is 953. The minimum atomic E-state index is -0.441. The van der Waals surface area contributed by atoms with Crippen LogP contribution in [0.5, 0.6) is 5.75 Å². The number of anilines is 1. The fraction of sp³-hybridized carbons (Fsp3) is 0.0476. The van der Waals surface area contributed by atoms with Gasteiger partial charge in [-0.2, -0.15) is 5.10 Å². The molecule has 0 aliphatic rings. The standard InChI is InChI=1S/C21H18N3O4/c1-28-19-13-9-16(10-14-19)20(15-5-3-2-4-6-15)22-23-21(25)17-7-11-18(12-8-17)24(26)27/h2-14,26H,1H3,(H,23,25)/q-1. The van der Waals surface area contributed by atoms with E-state index in [4.69, 9.17) is 9.94 Å². The minimum absolute atomic E-state index is 0.0308. The van der Waals surface area contributed by atoms with Crippen molar-refractivity contribution >= 4 is 17.3 Å². The molecule has 0 aliphatic heterocycles. The van der Waals surface area contributed by atoms with Crippen molar-refractivity contribution in [3.63, 3.8) is 0 Å². The Morgan fingerprint density at radius 2 is 1.50 bits per heavy atom. The van der Waals surface area contributed by atoms with Gasteiger partial charge in [-0.15, -0.1) is 0 Å². The van der Waals surface area contributed by atoms with Gasteiger partial charge in [0, 0.05) is 16.7 Å². The lowest BCUT2D eigenvalue weighted by Crippen LogP contribution is -2.20. The number of hydrogen-bond donors (Lipinski definition) is 2. The molecule has 0 unspecified atom stereocenters. The summed E-state index contributed by atoms with van der Waals surface area (Å²) < 4.78 is 5.18. The predicted octanol–water partition coefficient (Wildman–Crippen LogP) is 3.57. The Balaban J connectivity index is 1.87. The fourth-order valence-corrected chi connectivity index (χ4v) is 2.55. The molecule has 0 radical (unpaired) electrons.